The van der Waals surface area contributed by atoms with Crippen molar-refractivity contribution in [3.63, 3.8) is 0 Å². The maximum absolute atomic E-state index is 12.0. The van der Waals surface area contributed by atoms with Crippen molar-refractivity contribution in [1.29, 1.82) is 0 Å². The number of carbonyl (C=O) groups excluding carboxylic acids is 6. The van der Waals surface area contributed by atoms with E-state index in [0.717, 1.165) is 43.9 Å². The van der Waals surface area contributed by atoms with Gasteiger partial charge in [-0.05, 0) is 103 Å². The van der Waals surface area contributed by atoms with Gasteiger partial charge in [0.15, 0.2) is 0 Å². The number of ketones is 1. The van der Waals surface area contributed by atoms with Gasteiger partial charge in [0.1, 0.15) is 45.9 Å². The monoisotopic (exact) mass is 1070 g/mol. The van der Waals surface area contributed by atoms with Gasteiger partial charge < -0.3 is 23.2 Å². The third-order valence-corrected chi connectivity index (χ3v) is 17.0. The Balaban J connectivity index is -0.000000393. The molecule has 0 aliphatic heterocycles. The molecule has 1 N–H and O–H groups in total. The molecule has 0 bridgehead atoms. The summed E-state index contributed by atoms with van der Waals surface area (Å²) in [6.45, 7) is 48.9. The van der Waals surface area contributed by atoms with Gasteiger partial charge in [0.25, 0.3) is 0 Å². The number of Topliss-reactive ketones (excluding diaryl/α,β-unsaturated/α-hetero) is 1. The molecule has 65 heavy (non-hydrogen) atoms. The van der Waals surface area contributed by atoms with Crippen molar-refractivity contribution in [3.05, 3.63) is 0 Å². The quantitative estimate of drug-likeness (QED) is 0.0455. The molecule has 0 saturated heterocycles. The second kappa shape index (κ2) is 32.7. The third-order valence-electron chi connectivity index (χ3n) is 7.72. The molecule has 0 aromatic heterocycles. The highest BCUT2D eigenvalue weighted by atomic mass is 33.1. The van der Waals surface area contributed by atoms with E-state index in [9.17, 15) is 28.8 Å². The highest BCUT2D eigenvalue weighted by Gasteiger charge is 2.41. The first-order chi connectivity index (χ1) is 28.8. The van der Waals surface area contributed by atoms with Crippen molar-refractivity contribution in [3.8, 4) is 0 Å². The predicted octanol–water partition coefficient (Wildman–Crippen LogP) is 14.8. The second-order valence-corrected chi connectivity index (χ2v) is 32.9. The van der Waals surface area contributed by atoms with Gasteiger partial charge in [-0.25, -0.2) is 0 Å². The van der Waals surface area contributed by atoms with E-state index >= 15 is 0 Å². The number of hydrogen-bond acceptors (Lipinski definition) is 18. The summed E-state index contributed by atoms with van der Waals surface area (Å²) in [7, 11) is 9.63. The molecule has 0 aliphatic rings. The number of hydrogen-bond donors (Lipinski definition) is 1. The van der Waals surface area contributed by atoms with Crippen molar-refractivity contribution in [2.45, 2.75) is 195 Å². The van der Waals surface area contributed by atoms with Crippen LogP contribution < -0.4 is 5.32 Å². The van der Waals surface area contributed by atoms with E-state index in [1.165, 1.54) is 10.8 Å². The summed E-state index contributed by atoms with van der Waals surface area (Å²) in [4.78, 5) is 69.5. The summed E-state index contributed by atoms with van der Waals surface area (Å²) in [6, 6.07) is 0. The molecule has 0 aliphatic carbocycles. The minimum absolute atomic E-state index is 0.0568. The molecule has 0 saturated carbocycles. The summed E-state index contributed by atoms with van der Waals surface area (Å²) in [5, 5.41) is 3.60. The van der Waals surface area contributed by atoms with Crippen molar-refractivity contribution in [2.24, 2.45) is 32.5 Å². The Morgan fingerprint density at radius 3 is 1.40 bits per heavy atom. The smallest absolute Gasteiger partial charge is 0.324 e. The molecule has 11 nitrogen and oxygen atoms in total. The average Bonchev–Trinajstić information content (AvgIpc) is 3.09. The molecule has 0 aromatic carbocycles. The Morgan fingerprint density at radius 1 is 0.538 bits per heavy atom. The van der Waals surface area contributed by atoms with Crippen molar-refractivity contribution in [2.75, 3.05) is 29.7 Å². The lowest BCUT2D eigenvalue weighted by Crippen LogP contribution is -2.37. The fraction of sp³-hybridized carbons (Fsp3) is 0.870. The van der Waals surface area contributed by atoms with Gasteiger partial charge in [-0.2, -0.15) is 0 Å². The van der Waals surface area contributed by atoms with Crippen LogP contribution in [0.5, 0.6) is 0 Å². The molecule has 0 rings (SSSR count). The van der Waals surface area contributed by atoms with E-state index in [0.29, 0.717) is 29.4 Å². The highest BCUT2D eigenvalue weighted by Crippen LogP contribution is 2.41. The Labute approximate surface area is 428 Å². The zero-order valence-corrected chi connectivity index (χ0v) is 51.2. The first-order valence-electron chi connectivity index (χ1n) is 21.6. The van der Waals surface area contributed by atoms with Crippen molar-refractivity contribution in [1.82, 2.24) is 5.32 Å². The molecule has 0 aromatic rings. The summed E-state index contributed by atoms with van der Waals surface area (Å²) < 4.78 is 20.8. The van der Waals surface area contributed by atoms with Crippen LogP contribution in [0, 0.1) is 32.5 Å². The highest BCUT2D eigenvalue weighted by molar-refractivity contribution is 8.77. The van der Waals surface area contributed by atoms with Crippen LogP contribution in [0.2, 0.25) is 0 Å². The maximum Gasteiger partial charge on any atom is 0.324 e. The lowest BCUT2D eigenvalue weighted by molar-refractivity contribution is -0.152. The number of amides is 1. The van der Waals surface area contributed by atoms with Crippen LogP contribution in [0.4, 0.5) is 0 Å². The molecule has 0 radical (unpaired) electrons. The molecule has 0 heterocycles. The van der Waals surface area contributed by atoms with Crippen LogP contribution in [0.3, 0.4) is 0 Å². The van der Waals surface area contributed by atoms with E-state index in [-0.39, 0.29) is 57.6 Å². The zero-order chi connectivity index (χ0) is 52.5. The maximum atomic E-state index is 12.0. The number of nitrogens with one attached hydrogen (secondary N) is 1. The number of esters is 2. The normalized spacial score (nSPS) is 12.5. The van der Waals surface area contributed by atoms with E-state index in [1.54, 1.807) is 42.4 Å². The van der Waals surface area contributed by atoms with Crippen LogP contribution in [-0.4, -0.2) is 80.9 Å². The van der Waals surface area contributed by atoms with Gasteiger partial charge in [0.05, 0.1) is 22.1 Å². The molecular formula is C46H89NO10S8. The topological polar surface area (TPSA) is 151 Å². The van der Waals surface area contributed by atoms with Crippen LogP contribution in [-0.2, 0) is 46.6 Å². The zero-order valence-electron chi connectivity index (χ0n) is 44.7. The van der Waals surface area contributed by atoms with Crippen molar-refractivity contribution < 1.29 is 46.6 Å². The Kier molecular flexibility index (Phi) is 35.9. The molecule has 0 atom stereocenters. The average molecular weight is 1070 g/mol. The number of ether oxygens (including phenoxy) is 2. The third kappa shape index (κ3) is 43.6. The fourth-order valence-corrected chi connectivity index (χ4v) is 8.93. The first kappa shape index (κ1) is 71.4. The standard InChI is InChI=1S/C14H26O4S2.C13H25NO2S2.C12H22O4S2.C7H16S2/c1-12(2,3)14(7,8)11(16)18-20-19-9-10(15)17-13(4,5)6;1-12(2,3)10(15)7-8-17-18-9-14-11(16)13(4,5)6;1-11(2,3)9(13)15-7-8-17-18-16-10(14)12(4,5)6;1-6(2)8-9-7(3,4)5/h9H2,1-8H3;7-9H2,1-6H3,(H,14,16);7-8H2,1-6H3;6H,1-5H3. The Bertz CT molecular complexity index is 1290. The largest absolute Gasteiger partial charge is 0.464 e. The minimum Gasteiger partial charge on any atom is -0.464 e. The SMILES string of the molecule is CC(C)(C)C(=O)CCSSCNC(=O)C(C)(C)C.CC(C)(C)C(=O)OCCSSOC(=O)C(C)(C)C.CC(C)(C)OC(=O)CSSOC(=O)C(C)(C)C(C)(C)C.CC(C)SSC(C)(C)C. The number of carbonyl (C=O) groups is 6. The van der Waals surface area contributed by atoms with Gasteiger partial charge in [0, 0.05) is 38.8 Å². The summed E-state index contributed by atoms with van der Waals surface area (Å²) in [5.41, 5.74) is -2.83. The molecule has 19 heteroatoms. The lowest BCUT2D eigenvalue weighted by Gasteiger charge is -2.35. The van der Waals surface area contributed by atoms with Gasteiger partial charge in [-0.15, -0.1) is 0 Å². The molecule has 386 valence electrons. The van der Waals surface area contributed by atoms with Crippen LogP contribution >= 0.6 is 86.9 Å². The minimum atomic E-state index is -0.591. The summed E-state index contributed by atoms with van der Waals surface area (Å²) in [6.07, 6.45) is 0.592. The van der Waals surface area contributed by atoms with Gasteiger partial charge in [-0.1, -0.05) is 140 Å². The Hall–Kier alpha value is -0.180. The molecular weight excluding hydrogens is 983 g/mol. The molecule has 0 fully saturated rings. The van der Waals surface area contributed by atoms with Gasteiger partial charge in [0.2, 0.25) is 5.91 Å². The summed E-state index contributed by atoms with van der Waals surface area (Å²) in [5.74, 6) is 1.38. The molecule has 0 spiro atoms. The fourth-order valence-electron chi connectivity index (χ4n) is 2.72. The van der Waals surface area contributed by atoms with Crippen LogP contribution in [0.15, 0.2) is 0 Å². The first-order valence-corrected chi connectivity index (χ1v) is 30.8. The van der Waals surface area contributed by atoms with E-state index in [1.807, 2.05) is 139 Å². The summed E-state index contributed by atoms with van der Waals surface area (Å²) >= 11 is 1.95. The molecule has 1 amide bonds. The van der Waals surface area contributed by atoms with Crippen LogP contribution in [0.25, 0.3) is 0 Å². The second-order valence-electron chi connectivity index (χ2n) is 22.7. The molecule has 0 unspecified atom stereocenters. The van der Waals surface area contributed by atoms with E-state index in [2.05, 4.69) is 39.9 Å². The lowest BCUT2D eigenvalue weighted by atomic mass is 9.69. The van der Waals surface area contributed by atoms with Crippen LogP contribution in [0.1, 0.15) is 180 Å². The predicted molar refractivity (Wildman–Crippen MR) is 293 cm³/mol. The van der Waals surface area contributed by atoms with Gasteiger partial charge in [-0.3, -0.25) is 28.8 Å². The Morgan fingerprint density at radius 2 is 1.02 bits per heavy atom. The van der Waals surface area contributed by atoms with Crippen molar-refractivity contribution >= 4 is 122 Å². The number of rotatable bonds is 18. The van der Waals surface area contributed by atoms with Gasteiger partial charge >= 0.3 is 23.9 Å². The van der Waals surface area contributed by atoms with E-state index < -0.39 is 21.8 Å². The van der Waals surface area contributed by atoms with E-state index in [4.69, 9.17) is 17.8 Å².